The first kappa shape index (κ1) is 13.2. The zero-order valence-corrected chi connectivity index (χ0v) is 11.0. The lowest BCUT2D eigenvalue weighted by molar-refractivity contribution is 0.309. The summed E-state index contributed by atoms with van der Waals surface area (Å²) >= 11 is 0. The second-order valence-corrected chi connectivity index (χ2v) is 4.29. The summed E-state index contributed by atoms with van der Waals surface area (Å²) in [6.45, 7) is 3.57. The summed E-state index contributed by atoms with van der Waals surface area (Å²) < 4.78 is 5.62. The minimum atomic E-state index is 0.468. The minimum Gasteiger partial charge on any atom is -0.494 e. The van der Waals surface area contributed by atoms with Crippen molar-refractivity contribution < 1.29 is 4.74 Å². The van der Waals surface area contributed by atoms with Crippen LogP contribution in [0.1, 0.15) is 19.8 Å². The van der Waals surface area contributed by atoms with Gasteiger partial charge in [0.15, 0.2) is 0 Å². The molecule has 19 heavy (non-hydrogen) atoms. The summed E-state index contributed by atoms with van der Waals surface area (Å²) in [7, 11) is 0. The fourth-order valence-electron chi connectivity index (χ4n) is 1.73. The van der Waals surface area contributed by atoms with Crippen LogP contribution in [0, 0.1) is 11.3 Å². The zero-order chi connectivity index (χ0) is 13.5. The highest BCUT2D eigenvalue weighted by atomic mass is 16.5. The predicted molar refractivity (Wildman–Crippen MR) is 76.4 cm³/mol. The topological polar surface area (TPSA) is 48.6 Å². The summed E-state index contributed by atoms with van der Waals surface area (Å²) in [6.07, 6.45) is 5.70. The van der Waals surface area contributed by atoms with Gasteiger partial charge in [0.25, 0.3) is 0 Å². The van der Waals surface area contributed by atoms with Crippen LogP contribution in [0.15, 0.2) is 41.0 Å². The first-order valence-electron chi connectivity index (χ1n) is 6.47. The molecule has 2 rings (SSSR count). The number of aliphatic imine (C=N–C) groups is 1. The normalized spacial score (nSPS) is 13.9. The largest absolute Gasteiger partial charge is 0.494 e. The Morgan fingerprint density at radius 1 is 1.37 bits per heavy atom. The van der Waals surface area contributed by atoms with E-state index in [4.69, 9.17) is 10.00 Å². The minimum absolute atomic E-state index is 0.468. The van der Waals surface area contributed by atoms with Crippen molar-refractivity contribution in [1.29, 1.82) is 5.26 Å². The third-order valence-corrected chi connectivity index (χ3v) is 2.87. The molecule has 1 aromatic carbocycles. The van der Waals surface area contributed by atoms with Crippen LogP contribution in [0.2, 0.25) is 0 Å². The first-order valence-corrected chi connectivity index (χ1v) is 6.47. The van der Waals surface area contributed by atoms with Gasteiger partial charge in [0, 0.05) is 12.2 Å². The maximum Gasteiger partial charge on any atom is 0.140 e. The van der Waals surface area contributed by atoms with Crippen molar-refractivity contribution >= 4 is 12.0 Å². The number of anilines is 1. The number of nitrogens with zero attached hydrogens (tertiary/aromatic N) is 3. The van der Waals surface area contributed by atoms with Gasteiger partial charge < -0.3 is 9.64 Å². The molecular formula is C15H17N3O. The van der Waals surface area contributed by atoms with E-state index in [-0.39, 0.29) is 0 Å². The van der Waals surface area contributed by atoms with E-state index in [2.05, 4.69) is 11.9 Å². The SMILES string of the molecule is CCCCOc1ccc(N2C=NC(C#N)=CC2)cc1. The third kappa shape index (κ3) is 3.59. The molecule has 0 N–H and O–H groups in total. The number of unbranched alkanes of at least 4 members (excludes halogenated alkanes) is 1. The van der Waals surface area contributed by atoms with E-state index in [9.17, 15) is 0 Å². The molecular weight excluding hydrogens is 238 g/mol. The number of hydrogen-bond donors (Lipinski definition) is 0. The average molecular weight is 255 g/mol. The molecule has 0 unspecified atom stereocenters. The number of rotatable bonds is 5. The lowest BCUT2D eigenvalue weighted by Gasteiger charge is -2.20. The van der Waals surface area contributed by atoms with E-state index in [1.807, 2.05) is 41.3 Å². The lowest BCUT2D eigenvalue weighted by Crippen LogP contribution is -2.23. The standard InChI is InChI=1S/C15H17N3O/c1-2-3-10-19-15-6-4-14(5-7-15)18-9-8-13(11-16)17-12-18/h4-8,12H,2-3,9-10H2,1H3. The van der Waals surface area contributed by atoms with Gasteiger partial charge in [-0.2, -0.15) is 5.26 Å². The quantitative estimate of drug-likeness (QED) is 0.759. The molecule has 4 heteroatoms. The summed E-state index contributed by atoms with van der Waals surface area (Å²) in [5.74, 6) is 0.888. The summed E-state index contributed by atoms with van der Waals surface area (Å²) in [6, 6.07) is 9.95. The van der Waals surface area contributed by atoms with Crippen molar-refractivity contribution in [2.45, 2.75) is 19.8 Å². The molecule has 4 nitrogen and oxygen atoms in total. The Hall–Kier alpha value is -2.28. The molecule has 1 aliphatic rings. The van der Waals surface area contributed by atoms with E-state index < -0.39 is 0 Å². The summed E-state index contributed by atoms with van der Waals surface area (Å²) in [5.41, 5.74) is 1.51. The van der Waals surface area contributed by atoms with E-state index >= 15 is 0 Å². The van der Waals surface area contributed by atoms with Gasteiger partial charge >= 0.3 is 0 Å². The fraction of sp³-hybridized carbons (Fsp3) is 0.333. The summed E-state index contributed by atoms with van der Waals surface area (Å²) in [5, 5.41) is 8.72. The van der Waals surface area contributed by atoms with E-state index in [0.717, 1.165) is 30.9 Å². The van der Waals surface area contributed by atoms with Gasteiger partial charge in [-0.25, -0.2) is 4.99 Å². The molecule has 0 atom stereocenters. The molecule has 0 bridgehead atoms. The Balaban J connectivity index is 1.94. The van der Waals surface area contributed by atoms with Crippen LogP contribution >= 0.6 is 0 Å². The Morgan fingerprint density at radius 2 is 2.16 bits per heavy atom. The van der Waals surface area contributed by atoms with Crippen molar-refractivity contribution in [2.24, 2.45) is 4.99 Å². The second-order valence-electron chi connectivity index (χ2n) is 4.29. The monoisotopic (exact) mass is 255 g/mol. The molecule has 1 aromatic rings. The van der Waals surface area contributed by atoms with Gasteiger partial charge in [-0.1, -0.05) is 13.3 Å². The second kappa shape index (κ2) is 6.60. The number of ether oxygens (including phenoxy) is 1. The molecule has 0 saturated heterocycles. The van der Waals surface area contributed by atoms with E-state index in [1.54, 1.807) is 6.34 Å². The Morgan fingerprint density at radius 3 is 2.74 bits per heavy atom. The van der Waals surface area contributed by atoms with Crippen LogP contribution in [-0.4, -0.2) is 19.5 Å². The number of allylic oxidation sites excluding steroid dienone is 1. The zero-order valence-electron chi connectivity index (χ0n) is 11.0. The van der Waals surface area contributed by atoms with Gasteiger partial charge in [-0.05, 0) is 36.8 Å². The molecule has 0 fully saturated rings. The van der Waals surface area contributed by atoms with Crippen molar-refractivity contribution in [2.75, 3.05) is 18.1 Å². The molecule has 0 aliphatic carbocycles. The Kier molecular flexibility index (Phi) is 4.57. The first-order chi connectivity index (χ1) is 9.33. The molecule has 1 heterocycles. The highest BCUT2D eigenvalue weighted by molar-refractivity contribution is 5.81. The van der Waals surface area contributed by atoms with Gasteiger partial charge in [0.2, 0.25) is 0 Å². The van der Waals surface area contributed by atoms with Crippen molar-refractivity contribution in [3.63, 3.8) is 0 Å². The number of benzene rings is 1. The third-order valence-electron chi connectivity index (χ3n) is 2.87. The maximum atomic E-state index is 8.72. The Labute approximate surface area is 113 Å². The molecule has 0 spiro atoms. The number of nitriles is 1. The molecule has 1 aliphatic heterocycles. The predicted octanol–water partition coefficient (Wildman–Crippen LogP) is 3.12. The highest BCUT2D eigenvalue weighted by Gasteiger charge is 2.07. The summed E-state index contributed by atoms with van der Waals surface area (Å²) in [4.78, 5) is 6.04. The van der Waals surface area contributed by atoms with Crippen LogP contribution in [-0.2, 0) is 0 Å². The Bertz CT molecular complexity index is 511. The average Bonchev–Trinajstić information content (AvgIpc) is 2.48. The van der Waals surface area contributed by atoms with Crippen LogP contribution in [0.5, 0.6) is 5.75 Å². The van der Waals surface area contributed by atoms with E-state index in [1.165, 1.54) is 0 Å². The molecule has 0 radical (unpaired) electrons. The van der Waals surface area contributed by atoms with Crippen molar-refractivity contribution in [1.82, 2.24) is 0 Å². The van der Waals surface area contributed by atoms with Crippen molar-refractivity contribution in [3.05, 3.63) is 36.0 Å². The van der Waals surface area contributed by atoms with E-state index in [0.29, 0.717) is 12.2 Å². The van der Waals surface area contributed by atoms with Gasteiger partial charge in [-0.3, -0.25) is 0 Å². The molecule has 0 saturated carbocycles. The van der Waals surface area contributed by atoms with Gasteiger partial charge in [0.1, 0.15) is 17.5 Å². The molecule has 98 valence electrons. The molecule has 0 aromatic heterocycles. The van der Waals surface area contributed by atoms with Crippen molar-refractivity contribution in [3.8, 4) is 11.8 Å². The van der Waals surface area contributed by atoms with Crippen LogP contribution in [0.3, 0.4) is 0 Å². The highest BCUT2D eigenvalue weighted by Crippen LogP contribution is 2.20. The van der Waals surface area contributed by atoms with Crippen LogP contribution in [0.25, 0.3) is 0 Å². The molecule has 0 amide bonds. The van der Waals surface area contributed by atoms with Crippen LogP contribution in [0.4, 0.5) is 5.69 Å². The van der Waals surface area contributed by atoms with Gasteiger partial charge in [-0.15, -0.1) is 0 Å². The smallest absolute Gasteiger partial charge is 0.140 e. The van der Waals surface area contributed by atoms with Crippen LogP contribution < -0.4 is 9.64 Å². The fourth-order valence-corrected chi connectivity index (χ4v) is 1.73. The lowest BCUT2D eigenvalue weighted by atomic mass is 10.2. The number of hydrogen-bond acceptors (Lipinski definition) is 4. The maximum absolute atomic E-state index is 8.72. The van der Waals surface area contributed by atoms with Gasteiger partial charge in [0.05, 0.1) is 12.9 Å².